The van der Waals surface area contributed by atoms with E-state index in [9.17, 15) is 0 Å². The van der Waals surface area contributed by atoms with E-state index < -0.39 is 0 Å². The van der Waals surface area contributed by atoms with Crippen LogP contribution in [0.5, 0.6) is 0 Å². The summed E-state index contributed by atoms with van der Waals surface area (Å²) in [5.74, 6) is 1.59. The van der Waals surface area contributed by atoms with E-state index in [1.165, 1.54) is 5.56 Å². The summed E-state index contributed by atoms with van der Waals surface area (Å²) in [6, 6.07) is 10.4. The van der Waals surface area contributed by atoms with Crippen LogP contribution in [0.1, 0.15) is 63.2 Å². The number of aromatic nitrogens is 2. The molecule has 2 aromatic rings. The van der Waals surface area contributed by atoms with Crippen molar-refractivity contribution >= 4 is 0 Å². The Morgan fingerprint density at radius 2 is 1.81 bits per heavy atom. The zero-order valence-corrected chi connectivity index (χ0v) is 13.2. The third-order valence-electron chi connectivity index (χ3n) is 4.53. The van der Waals surface area contributed by atoms with Crippen LogP contribution in [0.15, 0.2) is 34.9 Å². The first-order chi connectivity index (χ1) is 10.2. The van der Waals surface area contributed by atoms with Crippen LogP contribution in [-0.2, 0) is 5.41 Å². The average molecular weight is 287 g/mol. The largest absolute Gasteiger partial charge is 0.339 e. The molecule has 21 heavy (non-hydrogen) atoms. The van der Waals surface area contributed by atoms with Gasteiger partial charge in [-0.05, 0) is 24.8 Å². The standard InChI is InChI=1S/C17H25N3O/c1-4-13(12-18)15-19-16(20-21-15)17(5-2,6-3)14-10-8-7-9-11-14/h7-11,13H,4-6,12,18H2,1-3H3. The summed E-state index contributed by atoms with van der Waals surface area (Å²) < 4.78 is 5.50. The van der Waals surface area contributed by atoms with Crippen LogP contribution < -0.4 is 5.73 Å². The maximum Gasteiger partial charge on any atom is 0.231 e. The molecular formula is C17H25N3O. The van der Waals surface area contributed by atoms with Crippen LogP contribution in [0.4, 0.5) is 0 Å². The summed E-state index contributed by atoms with van der Waals surface area (Å²) in [4.78, 5) is 4.69. The molecule has 0 saturated heterocycles. The highest BCUT2D eigenvalue weighted by atomic mass is 16.5. The van der Waals surface area contributed by atoms with Gasteiger partial charge in [-0.3, -0.25) is 0 Å². The van der Waals surface area contributed by atoms with Crippen molar-refractivity contribution < 1.29 is 4.52 Å². The van der Waals surface area contributed by atoms with Crippen molar-refractivity contribution in [3.8, 4) is 0 Å². The van der Waals surface area contributed by atoms with Crippen LogP contribution in [0.3, 0.4) is 0 Å². The number of nitrogens with zero attached hydrogens (tertiary/aromatic N) is 2. The molecule has 0 aliphatic rings. The van der Waals surface area contributed by atoms with Crippen LogP contribution in [0.2, 0.25) is 0 Å². The lowest BCUT2D eigenvalue weighted by Gasteiger charge is -2.28. The SMILES string of the molecule is CCC(CN)c1nc(C(CC)(CC)c2ccccc2)no1. The summed E-state index contributed by atoms with van der Waals surface area (Å²) >= 11 is 0. The van der Waals surface area contributed by atoms with E-state index in [0.29, 0.717) is 12.4 Å². The quantitative estimate of drug-likeness (QED) is 0.844. The van der Waals surface area contributed by atoms with Gasteiger partial charge >= 0.3 is 0 Å². The summed E-state index contributed by atoms with van der Waals surface area (Å²) in [5, 5.41) is 4.28. The number of nitrogens with two attached hydrogens (primary N) is 1. The molecule has 1 atom stereocenters. The molecule has 1 unspecified atom stereocenters. The Labute approximate surface area is 126 Å². The predicted molar refractivity (Wildman–Crippen MR) is 84.2 cm³/mol. The highest BCUT2D eigenvalue weighted by Crippen LogP contribution is 2.37. The van der Waals surface area contributed by atoms with Gasteiger partial charge in [0.25, 0.3) is 0 Å². The first kappa shape index (κ1) is 15.7. The molecule has 0 bridgehead atoms. The molecule has 0 aliphatic heterocycles. The van der Waals surface area contributed by atoms with Gasteiger partial charge in [-0.25, -0.2) is 0 Å². The van der Waals surface area contributed by atoms with E-state index in [0.717, 1.165) is 25.1 Å². The van der Waals surface area contributed by atoms with Gasteiger partial charge < -0.3 is 10.3 Å². The number of hydrogen-bond donors (Lipinski definition) is 1. The number of rotatable bonds is 7. The van der Waals surface area contributed by atoms with Crippen molar-refractivity contribution in [2.45, 2.75) is 51.4 Å². The summed E-state index contributed by atoms with van der Waals surface area (Å²) in [5.41, 5.74) is 6.84. The van der Waals surface area contributed by atoms with E-state index in [4.69, 9.17) is 10.3 Å². The summed E-state index contributed by atoms with van der Waals surface area (Å²) in [7, 11) is 0. The summed E-state index contributed by atoms with van der Waals surface area (Å²) in [6.07, 6.45) is 2.78. The molecule has 1 heterocycles. The molecule has 1 aromatic heterocycles. The number of hydrogen-bond acceptors (Lipinski definition) is 4. The Hall–Kier alpha value is -1.68. The van der Waals surface area contributed by atoms with E-state index in [-0.39, 0.29) is 11.3 Å². The lowest BCUT2D eigenvalue weighted by atomic mass is 9.75. The van der Waals surface area contributed by atoms with Gasteiger partial charge in [0.1, 0.15) is 0 Å². The molecule has 2 N–H and O–H groups in total. The fourth-order valence-corrected chi connectivity index (χ4v) is 2.90. The zero-order chi connectivity index (χ0) is 15.3. The minimum Gasteiger partial charge on any atom is -0.339 e. The molecule has 0 amide bonds. The van der Waals surface area contributed by atoms with Crippen molar-refractivity contribution in [1.29, 1.82) is 0 Å². The Morgan fingerprint density at radius 3 is 2.33 bits per heavy atom. The molecule has 4 nitrogen and oxygen atoms in total. The van der Waals surface area contributed by atoms with Crippen molar-refractivity contribution in [1.82, 2.24) is 10.1 Å². The van der Waals surface area contributed by atoms with E-state index in [1.807, 2.05) is 6.07 Å². The summed E-state index contributed by atoms with van der Waals surface area (Å²) in [6.45, 7) is 6.97. The van der Waals surface area contributed by atoms with Crippen molar-refractivity contribution in [2.24, 2.45) is 5.73 Å². The topological polar surface area (TPSA) is 64.9 Å². The minimum atomic E-state index is -0.185. The van der Waals surface area contributed by atoms with Gasteiger partial charge in [0.2, 0.25) is 5.89 Å². The Kier molecular flexibility index (Phi) is 5.12. The number of benzene rings is 1. The third kappa shape index (κ3) is 2.86. The Balaban J connectivity index is 2.44. The minimum absolute atomic E-state index is 0.147. The second kappa shape index (κ2) is 6.85. The molecule has 1 aromatic carbocycles. The predicted octanol–water partition coefficient (Wildman–Crippen LogP) is 3.63. The molecule has 4 heteroatoms. The second-order valence-electron chi connectivity index (χ2n) is 5.45. The first-order valence-corrected chi connectivity index (χ1v) is 7.81. The van der Waals surface area contributed by atoms with Gasteiger partial charge in [-0.1, -0.05) is 56.3 Å². The fraction of sp³-hybridized carbons (Fsp3) is 0.529. The Morgan fingerprint density at radius 1 is 1.14 bits per heavy atom. The molecular weight excluding hydrogens is 262 g/mol. The van der Waals surface area contributed by atoms with Crippen LogP contribution in [0.25, 0.3) is 0 Å². The highest BCUT2D eigenvalue weighted by molar-refractivity contribution is 5.32. The van der Waals surface area contributed by atoms with Gasteiger partial charge in [-0.2, -0.15) is 4.98 Å². The molecule has 0 fully saturated rings. The van der Waals surface area contributed by atoms with Crippen molar-refractivity contribution in [3.63, 3.8) is 0 Å². The lowest BCUT2D eigenvalue weighted by Crippen LogP contribution is -2.27. The van der Waals surface area contributed by atoms with Crippen LogP contribution in [-0.4, -0.2) is 16.7 Å². The smallest absolute Gasteiger partial charge is 0.231 e. The molecule has 0 radical (unpaired) electrons. The van der Waals surface area contributed by atoms with Gasteiger partial charge in [0, 0.05) is 6.54 Å². The third-order valence-corrected chi connectivity index (χ3v) is 4.53. The fourth-order valence-electron chi connectivity index (χ4n) is 2.90. The highest BCUT2D eigenvalue weighted by Gasteiger charge is 2.36. The molecule has 2 rings (SSSR count). The van der Waals surface area contributed by atoms with Crippen molar-refractivity contribution in [3.05, 3.63) is 47.6 Å². The van der Waals surface area contributed by atoms with Gasteiger partial charge in [0.05, 0.1) is 11.3 Å². The van der Waals surface area contributed by atoms with Crippen molar-refractivity contribution in [2.75, 3.05) is 6.54 Å². The maximum atomic E-state index is 5.78. The second-order valence-corrected chi connectivity index (χ2v) is 5.45. The molecule has 114 valence electrons. The zero-order valence-electron chi connectivity index (χ0n) is 13.2. The monoisotopic (exact) mass is 287 g/mol. The first-order valence-electron chi connectivity index (χ1n) is 7.81. The van der Waals surface area contributed by atoms with E-state index in [2.05, 4.69) is 55.2 Å². The molecule has 0 spiro atoms. The molecule has 0 saturated carbocycles. The Bertz CT molecular complexity index is 542. The maximum absolute atomic E-state index is 5.78. The average Bonchev–Trinajstić information content (AvgIpc) is 3.02. The van der Waals surface area contributed by atoms with Gasteiger partial charge in [-0.15, -0.1) is 0 Å². The molecule has 0 aliphatic carbocycles. The lowest BCUT2D eigenvalue weighted by molar-refractivity contribution is 0.335. The van der Waals surface area contributed by atoms with Crippen LogP contribution >= 0.6 is 0 Å². The van der Waals surface area contributed by atoms with Gasteiger partial charge in [0.15, 0.2) is 5.82 Å². The normalized spacial score (nSPS) is 13.3. The van der Waals surface area contributed by atoms with E-state index >= 15 is 0 Å². The van der Waals surface area contributed by atoms with Crippen LogP contribution in [0, 0.1) is 0 Å². The van der Waals surface area contributed by atoms with E-state index in [1.54, 1.807) is 0 Å².